The van der Waals surface area contributed by atoms with Crippen molar-refractivity contribution < 1.29 is 18.6 Å². The van der Waals surface area contributed by atoms with Crippen LogP contribution in [0.2, 0.25) is 0 Å². The van der Waals surface area contributed by atoms with Gasteiger partial charge in [0, 0.05) is 37.4 Å². The highest BCUT2D eigenvalue weighted by Gasteiger charge is 2.42. The van der Waals surface area contributed by atoms with Gasteiger partial charge in [0.2, 0.25) is 0 Å². The highest BCUT2D eigenvalue weighted by molar-refractivity contribution is 5.70. The minimum absolute atomic E-state index is 0.292. The molecular weight excluding hydrogens is 325 g/mol. The first-order chi connectivity index (χ1) is 12.2. The Morgan fingerprint density at radius 1 is 1.28 bits per heavy atom. The molecule has 2 saturated heterocycles. The summed E-state index contributed by atoms with van der Waals surface area (Å²) in [5, 5.41) is 0. The average molecular weight is 345 g/mol. The lowest BCUT2D eigenvalue weighted by molar-refractivity contribution is 0.0844. The molecule has 7 heteroatoms. The number of epoxide rings is 1. The summed E-state index contributed by atoms with van der Waals surface area (Å²) in [6, 6.07) is 4.91. The molecule has 6 nitrogen and oxygen atoms in total. The summed E-state index contributed by atoms with van der Waals surface area (Å²) in [6.45, 7) is 1.44. The molecule has 2 aliphatic heterocycles. The number of aromatic nitrogens is 2. The molecule has 2 aromatic rings. The van der Waals surface area contributed by atoms with Crippen molar-refractivity contribution in [2.24, 2.45) is 0 Å². The van der Waals surface area contributed by atoms with E-state index in [2.05, 4.69) is 9.97 Å². The van der Waals surface area contributed by atoms with Crippen molar-refractivity contribution in [1.29, 1.82) is 0 Å². The van der Waals surface area contributed by atoms with E-state index in [1.807, 2.05) is 0 Å². The fourth-order valence-electron chi connectivity index (χ4n) is 3.22. The van der Waals surface area contributed by atoms with Gasteiger partial charge in [-0.1, -0.05) is 12.1 Å². The molecule has 1 aromatic carbocycles. The predicted molar refractivity (Wildman–Crippen MR) is 89.3 cm³/mol. The highest BCUT2D eigenvalue weighted by Crippen LogP contribution is 2.41. The number of methoxy groups -OCH3 is 1. The second-order valence-corrected chi connectivity index (χ2v) is 6.31. The summed E-state index contributed by atoms with van der Waals surface area (Å²) >= 11 is 0. The maximum absolute atomic E-state index is 14.5. The third-order valence-corrected chi connectivity index (χ3v) is 4.72. The van der Waals surface area contributed by atoms with Crippen LogP contribution in [0, 0.1) is 5.82 Å². The number of rotatable bonds is 4. The minimum atomic E-state index is -0.373. The Morgan fingerprint density at radius 2 is 2.08 bits per heavy atom. The SMILES string of the molecule is COC1OC1c1ccc(-c2nc(C3CCOCC3)cnc2N)cc1F. The van der Waals surface area contributed by atoms with Crippen LogP contribution in [-0.4, -0.2) is 36.6 Å². The van der Waals surface area contributed by atoms with E-state index in [1.165, 1.54) is 13.2 Å². The molecule has 2 unspecified atom stereocenters. The summed E-state index contributed by atoms with van der Waals surface area (Å²) in [6.07, 6.45) is 2.80. The Bertz CT molecular complexity index is 780. The standard InChI is InChI=1S/C18H20FN3O3/c1-23-18-16(25-18)12-3-2-11(8-13(12)19)15-17(20)21-9-14(22-15)10-4-6-24-7-5-10/h2-3,8-10,16,18H,4-7H2,1H3,(H2,20,21). The Labute approximate surface area is 145 Å². The highest BCUT2D eigenvalue weighted by atomic mass is 19.1. The molecule has 4 rings (SSSR count). The number of anilines is 1. The van der Waals surface area contributed by atoms with E-state index in [-0.39, 0.29) is 18.2 Å². The first-order valence-electron chi connectivity index (χ1n) is 8.35. The molecule has 0 aliphatic carbocycles. The lowest BCUT2D eigenvalue weighted by Gasteiger charge is -2.21. The second kappa shape index (κ2) is 6.67. The van der Waals surface area contributed by atoms with Crippen LogP contribution in [0.1, 0.15) is 36.1 Å². The zero-order chi connectivity index (χ0) is 17.4. The number of nitrogens with two attached hydrogens (primary N) is 1. The third-order valence-electron chi connectivity index (χ3n) is 4.72. The Kier molecular flexibility index (Phi) is 4.37. The first-order valence-corrected chi connectivity index (χ1v) is 8.35. The largest absolute Gasteiger partial charge is 0.382 e. The fraction of sp³-hybridized carbons (Fsp3) is 0.444. The Balaban J connectivity index is 1.63. The molecule has 0 amide bonds. The van der Waals surface area contributed by atoms with Crippen LogP contribution in [0.25, 0.3) is 11.3 Å². The molecule has 0 spiro atoms. The van der Waals surface area contributed by atoms with E-state index in [0.717, 1.165) is 31.7 Å². The topological polar surface area (TPSA) is 82.8 Å². The average Bonchev–Trinajstić information content (AvgIpc) is 3.42. The van der Waals surface area contributed by atoms with E-state index in [1.54, 1.807) is 18.3 Å². The van der Waals surface area contributed by atoms with E-state index in [4.69, 9.17) is 19.9 Å². The molecule has 3 heterocycles. The number of hydrogen-bond acceptors (Lipinski definition) is 6. The Hall–Kier alpha value is -2.09. The molecule has 25 heavy (non-hydrogen) atoms. The van der Waals surface area contributed by atoms with Gasteiger partial charge < -0.3 is 19.9 Å². The van der Waals surface area contributed by atoms with Crippen molar-refractivity contribution >= 4 is 5.82 Å². The lowest BCUT2D eigenvalue weighted by atomic mass is 9.96. The quantitative estimate of drug-likeness (QED) is 0.858. The Morgan fingerprint density at radius 3 is 2.76 bits per heavy atom. The van der Waals surface area contributed by atoms with Crippen LogP contribution in [0.3, 0.4) is 0 Å². The molecule has 2 fully saturated rings. The molecule has 2 aliphatic rings. The molecule has 0 bridgehead atoms. The monoisotopic (exact) mass is 345 g/mol. The van der Waals surface area contributed by atoms with E-state index >= 15 is 0 Å². The van der Waals surface area contributed by atoms with Gasteiger partial charge in [0.05, 0.1) is 11.9 Å². The van der Waals surface area contributed by atoms with E-state index in [9.17, 15) is 4.39 Å². The number of nitrogen functional groups attached to an aromatic ring is 1. The number of nitrogens with zero attached hydrogens (tertiary/aromatic N) is 2. The number of benzene rings is 1. The maximum atomic E-state index is 14.5. The van der Waals surface area contributed by atoms with Crippen molar-refractivity contribution in [1.82, 2.24) is 9.97 Å². The van der Waals surface area contributed by atoms with Crippen LogP contribution in [0.5, 0.6) is 0 Å². The maximum Gasteiger partial charge on any atom is 0.188 e. The summed E-state index contributed by atoms with van der Waals surface area (Å²) in [4.78, 5) is 8.93. The zero-order valence-corrected chi connectivity index (χ0v) is 13.9. The van der Waals surface area contributed by atoms with E-state index < -0.39 is 0 Å². The van der Waals surface area contributed by atoms with Crippen LogP contribution in [0.15, 0.2) is 24.4 Å². The minimum Gasteiger partial charge on any atom is -0.382 e. The first kappa shape index (κ1) is 16.4. The number of ether oxygens (including phenoxy) is 3. The van der Waals surface area contributed by atoms with Gasteiger partial charge in [0.25, 0.3) is 0 Å². The molecule has 0 saturated carbocycles. The van der Waals surface area contributed by atoms with Gasteiger partial charge in [0.15, 0.2) is 6.29 Å². The van der Waals surface area contributed by atoms with Gasteiger partial charge >= 0.3 is 0 Å². The molecular formula is C18H20FN3O3. The van der Waals surface area contributed by atoms with Crippen molar-refractivity contribution in [3.05, 3.63) is 41.5 Å². The fourth-order valence-corrected chi connectivity index (χ4v) is 3.22. The van der Waals surface area contributed by atoms with Gasteiger partial charge in [-0.05, 0) is 18.9 Å². The van der Waals surface area contributed by atoms with Gasteiger partial charge in [0.1, 0.15) is 23.4 Å². The summed E-state index contributed by atoms with van der Waals surface area (Å²) in [5.74, 6) is 0.229. The molecule has 1 aromatic heterocycles. The van der Waals surface area contributed by atoms with Crippen LogP contribution in [0.4, 0.5) is 10.2 Å². The number of hydrogen-bond donors (Lipinski definition) is 1. The predicted octanol–water partition coefficient (Wildman–Crippen LogP) is 2.80. The van der Waals surface area contributed by atoms with Gasteiger partial charge in [-0.25, -0.2) is 14.4 Å². The molecule has 132 valence electrons. The normalized spacial score (nSPS) is 23.6. The van der Waals surface area contributed by atoms with Crippen LogP contribution in [-0.2, 0) is 14.2 Å². The second-order valence-electron chi connectivity index (χ2n) is 6.31. The smallest absolute Gasteiger partial charge is 0.188 e. The van der Waals surface area contributed by atoms with E-state index in [0.29, 0.717) is 28.6 Å². The van der Waals surface area contributed by atoms with Crippen molar-refractivity contribution in [3.63, 3.8) is 0 Å². The van der Waals surface area contributed by atoms with Gasteiger partial charge in [-0.15, -0.1) is 0 Å². The summed E-state index contributed by atoms with van der Waals surface area (Å²) in [5.41, 5.74) is 8.46. The molecule has 2 atom stereocenters. The van der Waals surface area contributed by atoms with Crippen LogP contribution < -0.4 is 5.73 Å². The third kappa shape index (κ3) is 3.22. The van der Waals surface area contributed by atoms with Crippen LogP contribution >= 0.6 is 0 Å². The van der Waals surface area contributed by atoms with Gasteiger partial charge in [-0.2, -0.15) is 0 Å². The van der Waals surface area contributed by atoms with Crippen molar-refractivity contribution in [2.75, 3.05) is 26.1 Å². The zero-order valence-electron chi connectivity index (χ0n) is 13.9. The molecule has 0 radical (unpaired) electrons. The molecule has 2 N–H and O–H groups in total. The summed E-state index contributed by atoms with van der Waals surface area (Å²) in [7, 11) is 1.54. The number of halogens is 1. The van der Waals surface area contributed by atoms with Crippen molar-refractivity contribution in [3.8, 4) is 11.3 Å². The lowest BCUT2D eigenvalue weighted by Crippen LogP contribution is -2.16. The van der Waals surface area contributed by atoms with Crippen molar-refractivity contribution in [2.45, 2.75) is 31.2 Å². The van der Waals surface area contributed by atoms with Gasteiger partial charge in [-0.3, -0.25) is 0 Å². The summed E-state index contributed by atoms with van der Waals surface area (Å²) < 4.78 is 30.2.